The Morgan fingerprint density at radius 3 is 1.78 bits per heavy atom. The summed E-state index contributed by atoms with van der Waals surface area (Å²) < 4.78 is 15.7. The van der Waals surface area contributed by atoms with Gasteiger partial charge in [-0.05, 0) is 58.6 Å². The van der Waals surface area contributed by atoms with E-state index in [1.807, 2.05) is 0 Å². The topological polar surface area (TPSA) is 216 Å². The number of hydrogen-bond acceptors (Lipinski definition) is 11. The largest absolute Gasteiger partial charge is 0.460 e. The fourth-order valence-electron chi connectivity index (χ4n) is 4.59. The minimum Gasteiger partial charge on any atom is -0.460 e. The molecular weight excluding hydrogens is 702 g/mol. The average molecular weight is 754 g/mol. The predicted molar refractivity (Wildman–Crippen MR) is 195 cm³/mol. The Bertz CT molecular complexity index is 1630. The SMILES string of the molecule is CC(C)C(NC(=O)CNC(=O)[C@H](CC(=O)OC(C)(C)C)NC(=O)OCc1ccccc1)C(=O)NN(CC(=O)OC(C)(C)C)C(=O)C(=O)Cc1ccccc1. The number of hydrazine groups is 1. The van der Waals surface area contributed by atoms with Crippen LogP contribution in [0.15, 0.2) is 60.7 Å². The van der Waals surface area contributed by atoms with Gasteiger partial charge >= 0.3 is 23.9 Å². The van der Waals surface area contributed by atoms with Gasteiger partial charge in [-0.15, -0.1) is 0 Å². The molecule has 2 aromatic rings. The number of carbonyl (C=O) groups is 8. The molecule has 54 heavy (non-hydrogen) atoms. The fourth-order valence-corrected chi connectivity index (χ4v) is 4.59. The summed E-state index contributed by atoms with van der Waals surface area (Å²) in [7, 11) is 0. The highest BCUT2D eigenvalue weighted by Crippen LogP contribution is 2.11. The molecule has 4 N–H and O–H groups in total. The Kier molecular flexibility index (Phi) is 16.8. The minimum atomic E-state index is -1.50. The number of amides is 5. The highest BCUT2D eigenvalue weighted by molar-refractivity contribution is 6.36. The summed E-state index contributed by atoms with van der Waals surface area (Å²) >= 11 is 0. The monoisotopic (exact) mass is 753 g/mol. The Morgan fingerprint density at radius 1 is 0.704 bits per heavy atom. The molecule has 0 aliphatic carbocycles. The van der Waals surface area contributed by atoms with E-state index in [-0.39, 0.29) is 13.0 Å². The molecule has 0 fully saturated rings. The normalized spacial score (nSPS) is 12.3. The van der Waals surface area contributed by atoms with Crippen molar-refractivity contribution in [3.63, 3.8) is 0 Å². The number of benzene rings is 2. The molecule has 0 radical (unpaired) electrons. The molecule has 2 rings (SSSR count). The van der Waals surface area contributed by atoms with Crippen molar-refractivity contribution < 1.29 is 52.6 Å². The number of esters is 2. The zero-order valence-corrected chi connectivity index (χ0v) is 32.0. The van der Waals surface area contributed by atoms with E-state index in [9.17, 15) is 38.4 Å². The van der Waals surface area contributed by atoms with E-state index in [4.69, 9.17) is 14.2 Å². The molecule has 16 heteroatoms. The Hall–Kier alpha value is -5.80. The smallest absolute Gasteiger partial charge is 0.408 e. The molecule has 0 aromatic heterocycles. The second-order valence-corrected chi connectivity index (χ2v) is 14.6. The maximum Gasteiger partial charge on any atom is 0.408 e. The van der Waals surface area contributed by atoms with Crippen molar-refractivity contribution in [3.8, 4) is 0 Å². The van der Waals surface area contributed by atoms with Crippen molar-refractivity contribution in [2.45, 2.75) is 98.1 Å². The summed E-state index contributed by atoms with van der Waals surface area (Å²) in [4.78, 5) is 104. The summed E-state index contributed by atoms with van der Waals surface area (Å²) in [5.74, 6) is -7.14. The zero-order chi connectivity index (χ0) is 40.6. The van der Waals surface area contributed by atoms with Crippen molar-refractivity contribution in [3.05, 3.63) is 71.8 Å². The van der Waals surface area contributed by atoms with Gasteiger partial charge in [-0.3, -0.25) is 39.0 Å². The Morgan fingerprint density at radius 2 is 1.24 bits per heavy atom. The minimum absolute atomic E-state index is 0.115. The molecule has 0 aliphatic rings. The van der Waals surface area contributed by atoms with Crippen molar-refractivity contribution in [2.24, 2.45) is 5.92 Å². The van der Waals surface area contributed by atoms with Crippen LogP contribution in [-0.4, -0.2) is 88.8 Å². The molecule has 0 spiro atoms. The molecule has 0 aliphatic heterocycles. The van der Waals surface area contributed by atoms with Crippen molar-refractivity contribution >= 4 is 47.4 Å². The molecule has 16 nitrogen and oxygen atoms in total. The maximum absolute atomic E-state index is 13.5. The highest BCUT2D eigenvalue weighted by atomic mass is 16.6. The second kappa shape index (κ2) is 20.4. The summed E-state index contributed by atoms with van der Waals surface area (Å²) in [5, 5.41) is 7.64. The number of carbonyl (C=O) groups excluding carboxylic acids is 8. The van der Waals surface area contributed by atoms with Gasteiger partial charge in [0.2, 0.25) is 17.6 Å². The van der Waals surface area contributed by atoms with Gasteiger partial charge in [-0.1, -0.05) is 74.5 Å². The quantitative estimate of drug-likeness (QED) is 0.0845. The lowest BCUT2D eigenvalue weighted by atomic mass is 10.0. The standard InChI is InChI=1S/C38H51N5O11/c1-24(2)32(34(49)42-43(22-31(47)54-38(6,7)8)35(50)28(44)19-25-15-11-9-12-16-25)41-29(45)21-39-33(48)27(20-30(46)53-37(3,4)5)40-36(51)52-23-26-17-13-10-14-18-26/h9-18,24,27,32H,19-23H2,1-8H3,(H,39,48)(H,40,51)(H,41,45)(H,42,49)/t27-,32?/m0/s1. The Labute approximate surface area is 315 Å². The van der Waals surface area contributed by atoms with Gasteiger partial charge in [0.05, 0.1) is 13.0 Å². The summed E-state index contributed by atoms with van der Waals surface area (Å²) in [6, 6.07) is 14.3. The lowest BCUT2D eigenvalue weighted by molar-refractivity contribution is -0.163. The number of ether oxygens (including phenoxy) is 3. The van der Waals surface area contributed by atoms with Crippen LogP contribution in [-0.2, 0) is 60.8 Å². The third-order valence-electron chi connectivity index (χ3n) is 6.94. The summed E-state index contributed by atoms with van der Waals surface area (Å²) in [6.45, 7) is 11.3. The second-order valence-electron chi connectivity index (χ2n) is 14.6. The van der Waals surface area contributed by atoms with Gasteiger partial charge in [-0.25, -0.2) is 9.80 Å². The molecule has 0 saturated heterocycles. The first-order valence-corrected chi connectivity index (χ1v) is 17.3. The van der Waals surface area contributed by atoms with E-state index in [1.165, 1.54) is 0 Å². The molecular formula is C38H51N5O11. The van der Waals surface area contributed by atoms with Gasteiger partial charge in [-0.2, -0.15) is 0 Å². The molecule has 0 bridgehead atoms. The Balaban J connectivity index is 2.14. The van der Waals surface area contributed by atoms with E-state index in [2.05, 4.69) is 21.4 Å². The van der Waals surface area contributed by atoms with Gasteiger partial charge < -0.3 is 30.2 Å². The predicted octanol–water partition coefficient (Wildman–Crippen LogP) is 2.28. The van der Waals surface area contributed by atoms with Crippen LogP contribution in [0, 0.1) is 5.92 Å². The van der Waals surface area contributed by atoms with Crippen LogP contribution in [0.4, 0.5) is 4.79 Å². The van der Waals surface area contributed by atoms with Crippen LogP contribution >= 0.6 is 0 Å². The number of nitrogens with zero attached hydrogens (tertiary/aromatic N) is 1. The van der Waals surface area contributed by atoms with Crippen molar-refractivity contribution in [2.75, 3.05) is 13.1 Å². The summed E-state index contributed by atoms with van der Waals surface area (Å²) in [6.07, 6.45) is -1.90. The zero-order valence-electron chi connectivity index (χ0n) is 32.0. The highest BCUT2D eigenvalue weighted by Gasteiger charge is 2.33. The number of nitrogens with one attached hydrogen (secondary N) is 4. The first-order chi connectivity index (χ1) is 25.1. The molecule has 0 heterocycles. The molecule has 2 atom stereocenters. The number of rotatable bonds is 16. The molecule has 294 valence electrons. The van der Waals surface area contributed by atoms with Gasteiger partial charge in [0.15, 0.2) is 0 Å². The fraction of sp³-hybridized carbons (Fsp3) is 0.474. The van der Waals surface area contributed by atoms with Crippen molar-refractivity contribution in [1.82, 2.24) is 26.4 Å². The number of alkyl carbamates (subject to hydrolysis) is 1. The van der Waals surface area contributed by atoms with E-state index in [1.54, 1.807) is 116 Å². The van der Waals surface area contributed by atoms with E-state index >= 15 is 0 Å². The van der Waals surface area contributed by atoms with E-state index < -0.39 is 96.2 Å². The third kappa shape index (κ3) is 17.1. The average Bonchev–Trinajstić information content (AvgIpc) is 3.06. The third-order valence-corrected chi connectivity index (χ3v) is 6.94. The van der Waals surface area contributed by atoms with Gasteiger partial charge in [0.25, 0.3) is 5.91 Å². The molecule has 0 saturated carbocycles. The number of ketones is 1. The van der Waals surface area contributed by atoms with E-state index in [0.717, 1.165) is 0 Å². The van der Waals surface area contributed by atoms with Gasteiger partial charge in [0, 0.05) is 6.42 Å². The molecule has 5 amide bonds. The van der Waals surface area contributed by atoms with E-state index in [0.29, 0.717) is 16.1 Å². The van der Waals surface area contributed by atoms with Crippen LogP contribution in [0.3, 0.4) is 0 Å². The lowest BCUT2D eigenvalue weighted by Crippen LogP contribution is -2.59. The van der Waals surface area contributed by atoms with Crippen molar-refractivity contribution in [1.29, 1.82) is 0 Å². The maximum atomic E-state index is 13.5. The first-order valence-electron chi connectivity index (χ1n) is 17.3. The number of Topliss-reactive ketones (excluding diaryl/α,β-unsaturated/α-hetero) is 1. The van der Waals surface area contributed by atoms with Crippen LogP contribution in [0.2, 0.25) is 0 Å². The molecule has 2 aromatic carbocycles. The van der Waals surface area contributed by atoms with Crippen LogP contribution in [0.25, 0.3) is 0 Å². The lowest BCUT2D eigenvalue weighted by Gasteiger charge is -2.28. The molecule has 1 unspecified atom stereocenters. The first kappa shape index (κ1) is 44.4. The van der Waals surface area contributed by atoms with Crippen LogP contribution in [0.5, 0.6) is 0 Å². The summed E-state index contributed by atoms with van der Waals surface area (Å²) in [5.41, 5.74) is 1.64. The van der Waals surface area contributed by atoms with Gasteiger partial charge in [0.1, 0.15) is 36.4 Å². The van der Waals surface area contributed by atoms with Crippen LogP contribution < -0.4 is 21.4 Å². The van der Waals surface area contributed by atoms with Crippen LogP contribution in [0.1, 0.15) is 72.9 Å². The number of hydrogen-bond donors (Lipinski definition) is 4.